The van der Waals surface area contributed by atoms with Gasteiger partial charge in [-0.2, -0.15) is 0 Å². The van der Waals surface area contributed by atoms with Gasteiger partial charge in [0.2, 0.25) is 0 Å². The summed E-state index contributed by atoms with van der Waals surface area (Å²) in [5.74, 6) is 1.65. The van der Waals surface area contributed by atoms with Gasteiger partial charge in [-0.15, -0.1) is 0 Å². The Morgan fingerprint density at radius 1 is 0.867 bits per heavy atom. The van der Waals surface area contributed by atoms with Gasteiger partial charge in [0, 0.05) is 0 Å². The first-order chi connectivity index (χ1) is 7.02. The van der Waals surface area contributed by atoms with Gasteiger partial charge in [0.15, 0.2) is 0 Å². The van der Waals surface area contributed by atoms with Gasteiger partial charge in [-0.3, -0.25) is 0 Å². The van der Waals surface area contributed by atoms with Crippen LogP contribution >= 0.6 is 0 Å². The third-order valence-electron chi connectivity index (χ3n) is 1.85. The molecule has 0 aromatic heterocycles. The lowest BCUT2D eigenvalue weighted by molar-refractivity contribution is 0.587. The Balaban J connectivity index is 0.000000423. The van der Waals surface area contributed by atoms with Crippen LogP contribution in [0.25, 0.3) is 0 Å². The fraction of sp³-hybridized carbons (Fsp3) is 0.600. The van der Waals surface area contributed by atoms with Crippen molar-refractivity contribution in [2.24, 2.45) is 11.8 Å². The summed E-state index contributed by atoms with van der Waals surface area (Å²) in [6.07, 6.45) is 2.52. The number of hydrogen-bond donors (Lipinski definition) is 0. The van der Waals surface area contributed by atoms with Crippen LogP contribution in [-0.2, 0) is 6.42 Å². The molecular weight excluding hydrogens is 180 g/mol. The summed E-state index contributed by atoms with van der Waals surface area (Å²) in [6, 6.07) is 10.7. The minimum Gasteiger partial charge on any atom is -0.0630 e. The van der Waals surface area contributed by atoms with Crippen molar-refractivity contribution in [2.75, 3.05) is 0 Å². The third-order valence-corrected chi connectivity index (χ3v) is 1.85. The molecule has 0 aliphatic heterocycles. The highest BCUT2D eigenvalue weighted by Crippen LogP contribution is 2.07. The van der Waals surface area contributed by atoms with Gasteiger partial charge in [-0.1, -0.05) is 65.0 Å². The molecule has 0 aliphatic carbocycles. The minimum absolute atomic E-state index is 0.815. The summed E-state index contributed by atoms with van der Waals surface area (Å²) in [7, 11) is 0. The Hall–Kier alpha value is -0.780. The van der Waals surface area contributed by atoms with Gasteiger partial charge in [0.1, 0.15) is 0 Å². The van der Waals surface area contributed by atoms with Crippen molar-refractivity contribution in [1.29, 1.82) is 0 Å². The van der Waals surface area contributed by atoms with E-state index in [1.54, 1.807) is 0 Å². The predicted molar refractivity (Wildman–Crippen MR) is 70.1 cm³/mol. The van der Waals surface area contributed by atoms with Gasteiger partial charge < -0.3 is 0 Å². The van der Waals surface area contributed by atoms with Crippen LogP contribution < -0.4 is 0 Å². The minimum atomic E-state index is 0.815. The fourth-order valence-corrected chi connectivity index (χ4v) is 1.10. The smallest absolute Gasteiger partial charge is 0.0276 e. The largest absolute Gasteiger partial charge is 0.0630 e. The summed E-state index contributed by atoms with van der Waals surface area (Å²) in [4.78, 5) is 0. The highest BCUT2D eigenvalue weighted by molar-refractivity contribution is 5.14. The standard InChI is InChI=1S/C11H16.C4H10/c1-10(2)8-9-11-6-4-3-5-7-11;1-4(2)3/h3-7,10H,8-9H2,1-2H3;4H,1-3H3. The number of rotatable bonds is 3. The van der Waals surface area contributed by atoms with Crippen LogP contribution in [0.15, 0.2) is 30.3 Å². The monoisotopic (exact) mass is 206 g/mol. The van der Waals surface area contributed by atoms with E-state index < -0.39 is 0 Å². The maximum absolute atomic E-state index is 2.27. The highest BCUT2D eigenvalue weighted by Gasteiger charge is 1.94. The fourth-order valence-electron chi connectivity index (χ4n) is 1.10. The molecule has 15 heavy (non-hydrogen) atoms. The molecule has 0 atom stereocenters. The quantitative estimate of drug-likeness (QED) is 0.657. The van der Waals surface area contributed by atoms with Crippen molar-refractivity contribution in [3.8, 4) is 0 Å². The van der Waals surface area contributed by atoms with Crippen molar-refractivity contribution in [1.82, 2.24) is 0 Å². The van der Waals surface area contributed by atoms with Gasteiger partial charge in [0.25, 0.3) is 0 Å². The first-order valence-electron chi connectivity index (χ1n) is 6.06. The van der Waals surface area contributed by atoms with E-state index in [-0.39, 0.29) is 0 Å². The van der Waals surface area contributed by atoms with Crippen molar-refractivity contribution < 1.29 is 0 Å². The molecule has 0 heteroatoms. The van der Waals surface area contributed by atoms with Crippen LogP contribution in [0.3, 0.4) is 0 Å². The van der Waals surface area contributed by atoms with Gasteiger partial charge in [0.05, 0.1) is 0 Å². The van der Waals surface area contributed by atoms with E-state index in [9.17, 15) is 0 Å². The van der Waals surface area contributed by atoms with Crippen molar-refractivity contribution in [3.63, 3.8) is 0 Å². The zero-order valence-electron chi connectivity index (χ0n) is 11.0. The van der Waals surface area contributed by atoms with Crippen LogP contribution in [0.2, 0.25) is 0 Å². The van der Waals surface area contributed by atoms with Crippen molar-refractivity contribution >= 4 is 0 Å². The predicted octanol–water partition coefficient (Wildman–Crippen LogP) is 4.94. The first-order valence-corrected chi connectivity index (χ1v) is 6.06. The lowest BCUT2D eigenvalue weighted by atomic mass is 10.0. The van der Waals surface area contributed by atoms with Crippen molar-refractivity contribution in [2.45, 2.75) is 47.5 Å². The summed E-state index contributed by atoms with van der Waals surface area (Å²) in [5.41, 5.74) is 1.46. The van der Waals surface area contributed by atoms with E-state index >= 15 is 0 Å². The number of aryl methyl sites for hydroxylation is 1. The summed E-state index contributed by atoms with van der Waals surface area (Å²) < 4.78 is 0. The summed E-state index contributed by atoms with van der Waals surface area (Å²) >= 11 is 0. The van der Waals surface area contributed by atoms with E-state index in [0.717, 1.165) is 11.8 Å². The van der Waals surface area contributed by atoms with Crippen LogP contribution in [0.5, 0.6) is 0 Å². The molecule has 0 nitrogen and oxygen atoms in total. The third kappa shape index (κ3) is 11.1. The molecule has 0 fully saturated rings. The van der Waals surface area contributed by atoms with Gasteiger partial charge >= 0.3 is 0 Å². The molecule has 0 unspecified atom stereocenters. The first kappa shape index (κ1) is 14.2. The molecular formula is C15H26. The number of hydrogen-bond acceptors (Lipinski definition) is 0. The van der Waals surface area contributed by atoms with E-state index in [1.807, 2.05) is 0 Å². The van der Waals surface area contributed by atoms with Gasteiger partial charge in [-0.05, 0) is 30.2 Å². The number of benzene rings is 1. The average molecular weight is 206 g/mol. The average Bonchev–Trinajstić information content (AvgIpc) is 2.15. The highest BCUT2D eigenvalue weighted by atomic mass is 14.0. The molecule has 0 saturated carbocycles. The van der Waals surface area contributed by atoms with E-state index in [1.165, 1.54) is 18.4 Å². The summed E-state index contributed by atoms with van der Waals surface area (Å²) in [6.45, 7) is 11.0. The van der Waals surface area contributed by atoms with E-state index in [0.29, 0.717) is 0 Å². The molecule has 0 aliphatic rings. The molecule has 0 spiro atoms. The van der Waals surface area contributed by atoms with Crippen LogP contribution in [0.1, 0.15) is 46.6 Å². The van der Waals surface area contributed by atoms with Crippen LogP contribution in [0, 0.1) is 11.8 Å². The Kier molecular flexibility index (Phi) is 8.08. The normalized spacial score (nSPS) is 10.1. The molecule has 0 saturated heterocycles. The van der Waals surface area contributed by atoms with Crippen LogP contribution in [-0.4, -0.2) is 0 Å². The molecule has 1 aromatic rings. The molecule has 1 aromatic carbocycles. The molecule has 0 N–H and O–H groups in total. The van der Waals surface area contributed by atoms with Gasteiger partial charge in [-0.25, -0.2) is 0 Å². The second kappa shape index (κ2) is 8.52. The topological polar surface area (TPSA) is 0 Å². The second-order valence-corrected chi connectivity index (χ2v) is 5.15. The molecule has 0 heterocycles. The van der Waals surface area contributed by atoms with E-state index in [2.05, 4.69) is 65.0 Å². The second-order valence-electron chi connectivity index (χ2n) is 5.15. The van der Waals surface area contributed by atoms with Crippen molar-refractivity contribution in [3.05, 3.63) is 35.9 Å². The van der Waals surface area contributed by atoms with Crippen LogP contribution in [0.4, 0.5) is 0 Å². The molecule has 0 radical (unpaired) electrons. The Morgan fingerprint density at radius 3 is 1.73 bits per heavy atom. The lowest BCUT2D eigenvalue weighted by Gasteiger charge is -2.03. The lowest BCUT2D eigenvalue weighted by Crippen LogP contribution is -1.91. The zero-order valence-corrected chi connectivity index (χ0v) is 11.0. The summed E-state index contributed by atoms with van der Waals surface area (Å²) in [5, 5.41) is 0. The Bertz CT molecular complexity index is 218. The maximum atomic E-state index is 2.27. The maximum Gasteiger partial charge on any atom is -0.0276 e. The Morgan fingerprint density at radius 2 is 1.33 bits per heavy atom. The Labute approximate surface area is 95.7 Å². The SMILES string of the molecule is CC(C)C.CC(C)CCc1ccccc1. The molecule has 0 amide bonds. The van der Waals surface area contributed by atoms with E-state index in [4.69, 9.17) is 0 Å². The molecule has 86 valence electrons. The molecule has 0 bridgehead atoms. The zero-order chi connectivity index (χ0) is 11.7. The molecule has 1 rings (SSSR count).